The zero-order valence-corrected chi connectivity index (χ0v) is 23.3. The number of ether oxygens (including phenoxy) is 2. The molecule has 0 radical (unpaired) electrons. The van der Waals surface area contributed by atoms with Gasteiger partial charge in [-0.1, -0.05) is 6.07 Å². The number of aliphatic hydroxyl groups is 1. The van der Waals surface area contributed by atoms with Crippen molar-refractivity contribution in [2.75, 3.05) is 11.9 Å². The van der Waals surface area contributed by atoms with E-state index in [0.717, 1.165) is 53.1 Å². The van der Waals surface area contributed by atoms with Gasteiger partial charge in [0, 0.05) is 36.2 Å². The van der Waals surface area contributed by atoms with Crippen LogP contribution in [0.25, 0.3) is 10.2 Å². The molecule has 0 amide bonds. The van der Waals surface area contributed by atoms with Gasteiger partial charge < -0.3 is 19.9 Å². The van der Waals surface area contributed by atoms with Crippen LogP contribution in [-0.2, 0) is 33.7 Å². The van der Waals surface area contributed by atoms with Crippen LogP contribution < -0.4 is 5.32 Å². The summed E-state index contributed by atoms with van der Waals surface area (Å²) in [5.74, 6) is 0.965. The number of nitrogens with one attached hydrogen (secondary N) is 1. The molecule has 3 aromatic rings. The summed E-state index contributed by atoms with van der Waals surface area (Å²) in [4.78, 5) is 40.7. The Kier molecular flexibility index (Phi) is 7.95. The first-order chi connectivity index (χ1) is 18.7. The molecule has 0 saturated heterocycles. The van der Waals surface area contributed by atoms with Gasteiger partial charge in [0.1, 0.15) is 22.6 Å². The molecular formula is C29H34N4O5S. The predicted molar refractivity (Wildman–Crippen MR) is 151 cm³/mol. The van der Waals surface area contributed by atoms with E-state index in [1.54, 1.807) is 38.4 Å². The van der Waals surface area contributed by atoms with Crippen LogP contribution in [0.4, 0.5) is 16.3 Å². The van der Waals surface area contributed by atoms with Gasteiger partial charge in [0.2, 0.25) is 0 Å². The number of aromatic nitrogens is 2. The highest BCUT2D eigenvalue weighted by Crippen LogP contribution is 2.41. The lowest BCUT2D eigenvalue weighted by atomic mass is 9.84. The Morgan fingerprint density at radius 2 is 2.10 bits per heavy atom. The number of hydrogen-bond donors (Lipinski definition) is 2. The zero-order valence-electron chi connectivity index (χ0n) is 22.5. The highest BCUT2D eigenvalue weighted by atomic mass is 32.1. The summed E-state index contributed by atoms with van der Waals surface area (Å²) in [5.41, 5.74) is 3.90. The predicted octanol–water partition coefficient (Wildman–Crippen LogP) is 5.52. The number of rotatable bonds is 9. The number of aryl methyl sites for hydroxylation is 1. The normalized spacial score (nSPS) is 17.0. The molecule has 1 aliphatic carbocycles. The first-order valence-electron chi connectivity index (χ1n) is 13.4. The fourth-order valence-electron chi connectivity index (χ4n) is 5.14. The lowest BCUT2D eigenvalue weighted by Gasteiger charge is -2.24. The van der Waals surface area contributed by atoms with Crippen molar-refractivity contribution < 1.29 is 24.2 Å². The number of ketones is 1. The van der Waals surface area contributed by atoms with Crippen molar-refractivity contribution in [3.8, 4) is 0 Å². The third-order valence-corrected chi connectivity index (χ3v) is 8.19. The summed E-state index contributed by atoms with van der Waals surface area (Å²) in [7, 11) is 0. The van der Waals surface area contributed by atoms with E-state index >= 15 is 0 Å². The van der Waals surface area contributed by atoms with E-state index in [0.29, 0.717) is 12.3 Å². The number of fused-ring (bicyclic) bond motifs is 4. The smallest absolute Gasteiger partial charge is 0.429 e. The molecule has 9 nitrogen and oxygen atoms in total. The topological polar surface area (TPSA) is 123 Å². The highest BCUT2D eigenvalue weighted by Gasteiger charge is 2.29. The van der Waals surface area contributed by atoms with Gasteiger partial charge in [0.05, 0.1) is 11.9 Å². The molecule has 2 N–H and O–H groups in total. The van der Waals surface area contributed by atoms with Gasteiger partial charge >= 0.3 is 6.16 Å². The highest BCUT2D eigenvalue weighted by molar-refractivity contribution is 7.19. The number of Topliss-reactive ketones (excluding diaryl/α,β-unsaturated/α-hetero) is 1. The molecule has 10 heteroatoms. The Labute approximate surface area is 231 Å². The molecule has 1 unspecified atom stereocenters. The van der Waals surface area contributed by atoms with Crippen LogP contribution in [0.5, 0.6) is 0 Å². The van der Waals surface area contributed by atoms with E-state index in [1.807, 2.05) is 6.21 Å². The minimum atomic E-state index is -0.997. The maximum Gasteiger partial charge on any atom is 0.509 e. The van der Waals surface area contributed by atoms with Gasteiger partial charge in [0.15, 0.2) is 11.9 Å². The lowest BCUT2D eigenvalue weighted by Crippen LogP contribution is -2.32. The number of carbonyl (C=O) groups is 2. The van der Waals surface area contributed by atoms with Crippen LogP contribution in [-0.4, -0.2) is 51.5 Å². The Balaban J connectivity index is 1.24. The number of anilines is 2. The zero-order chi connectivity index (χ0) is 27.6. The molecule has 0 fully saturated rings. The molecular weight excluding hydrogens is 516 g/mol. The van der Waals surface area contributed by atoms with E-state index in [1.165, 1.54) is 16.0 Å². The standard InChI is InChI=1S/C29H34N4O5S/c1-29(2,3)38-28(36)37-23(10-11-34)22(35)9-5-17-4-8-21-24(12-17)39-27-25(21)26(31-16-32-27)33-20-7-6-18-14-30-15-19(18)13-20/h6-7,13,15-17,23,34H,4-5,8-12,14H2,1-3H3,(H,31,32,33)/t17?,23-/m0/s1. The summed E-state index contributed by atoms with van der Waals surface area (Å²) in [5, 5.41) is 14.0. The van der Waals surface area contributed by atoms with Crippen LogP contribution in [0.15, 0.2) is 29.5 Å². The number of nitrogens with zero attached hydrogens (tertiary/aromatic N) is 3. The van der Waals surface area contributed by atoms with Crippen molar-refractivity contribution in [2.24, 2.45) is 10.9 Å². The fourth-order valence-corrected chi connectivity index (χ4v) is 6.44. The second-order valence-corrected chi connectivity index (χ2v) is 12.2. The fraction of sp³-hybridized carbons (Fsp3) is 0.483. The van der Waals surface area contributed by atoms with Crippen LogP contribution in [0.1, 0.15) is 68.0 Å². The first kappa shape index (κ1) is 27.2. The maximum absolute atomic E-state index is 12.9. The van der Waals surface area contributed by atoms with Crippen LogP contribution in [0.3, 0.4) is 0 Å². The average Bonchev–Trinajstić information content (AvgIpc) is 3.50. The molecule has 2 atom stereocenters. The van der Waals surface area contributed by atoms with Gasteiger partial charge in [-0.25, -0.2) is 14.8 Å². The third kappa shape index (κ3) is 6.45. The number of hydrogen-bond acceptors (Lipinski definition) is 10. The molecule has 1 aliphatic heterocycles. The van der Waals surface area contributed by atoms with Crippen molar-refractivity contribution in [2.45, 2.75) is 77.5 Å². The third-order valence-electron chi connectivity index (χ3n) is 7.03. The molecule has 39 heavy (non-hydrogen) atoms. The number of thiophene rings is 1. The molecule has 0 bridgehead atoms. The van der Waals surface area contributed by atoms with Gasteiger partial charge in [-0.05, 0) is 81.2 Å². The second kappa shape index (κ2) is 11.4. The summed E-state index contributed by atoms with van der Waals surface area (Å²) in [6.07, 6.45) is 5.38. The Bertz CT molecular complexity index is 1410. The SMILES string of the molecule is CC(C)(C)OC(=O)O[C@@H](CCO)C(=O)CCC1CCc2c(sc3ncnc(Nc4ccc5c(c4)C=NC5)c23)C1. The Hall–Kier alpha value is -3.37. The average molecular weight is 551 g/mol. The number of benzene rings is 1. The van der Waals surface area contributed by atoms with Crippen LogP contribution in [0.2, 0.25) is 0 Å². The van der Waals surface area contributed by atoms with Crippen molar-refractivity contribution in [1.82, 2.24) is 9.97 Å². The van der Waals surface area contributed by atoms with E-state index in [2.05, 4.69) is 38.5 Å². The van der Waals surface area contributed by atoms with Gasteiger partial charge in [-0.15, -0.1) is 11.3 Å². The quantitative estimate of drug-likeness (QED) is 0.334. The van der Waals surface area contributed by atoms with Crippen molar-refractivity contribution in [3.05, 3.63) is 46.1 Å². The Morgan fingerprint density at radius 1 is 1.26 bits per heavy atom. The summed E-state index contributed by atoms with van der Waals surface area (Å²) in [6, 6.07) is 6.26. The minimum absolute atomic E-state index is 0.0642. The Morgan fingerprint density at radius 3 is 2.90 bits per heavy atom. The van der Waals surface area contributed by atoms with Crippen molar-refractivity contribution in [1.29, 1.82) is 0 Å². The largest absolute Gasteiger partial charge is 0.509 e. The summed E-state index contributed by atoms with van der Waals surface area (Å²) >= 11 is 1.69. The molecule has 2 aliphatic rings. The van der Waals surface area contributed by atoms with Crippen molar-refractivity contribution >= 4 is 51.2 Å². The summed E-state index contributed by atoms with van der Waals surface area (Å²) in [6.45, 7) is 5.68. The van der Waals surface area contributed by atoms with Gasteiger partial charge in [-0.3, -0.25) is 9.79 Å². The van der Waals surface area contributed by atoms with Gasteiger partial charge in [0.25, 0.3) is 0 Å². The number of aliphatic hydroxyl groups excluding tert-OH is 1. The monoisotopic (exact) mass is 550 g/mol. The van der Waals surface area contributed by atoms with E-state index in [-0.39, 0.29) is 25.2 Å². The number of carbonyl (C=O) groups excluding carboxylic acids is 2. The molecule has 2 aromatic heterocycles. The van der Waals surface area contributed by atoms with Crippen LogP contribution in [0, 0.1) is 5.92 Å². The maximum atomic E-state index is 12.9. The summed E-state index contributed by atoms with van der Waals surface area (Å²) < 4.78 is 10.4. The molecule has 5 rings (SSSR count). The van der Waals surface area contributed by atoms with E-state index in [9.17, 15) is 14.7 Å². The molecule has 1 aromatic carbocycles. The minimum Gasteiger partial charge on any atom is -0.429 e. The lowest BCUT2D eigenvalue weighted by molar-refractivity contribution is -0.131. The second-order valence-electron chi connectivity index (χ2n) is 11.1. The number of aliphatic imine (C=N–C) groups is 1. The molecule has 3 heterocycles. The van der Waals surface area contributed by atoms with Gasteiger partial charge in [-0.2, -0.15) is 0 Å². The van der Waals surface area contributed by atoms with Crippen molar-refractivity contribution in [3.63, 3.8) is 0 Å². The van der Waals surface area contributed by atoms with E-state index in [4.69, 9.17) is 9.47 Å². The molecule has 0 spiro atoms. The molecule has 0 saturated carbocycles. The van der Waals surface area contributed by atoms with E-state index < -0.39 is 17.9 Å². The first-order valence-corrected chi connectivity index (χ1v) is 14.2. The molecule has 206 valence electrons. The van der Waals surface area contributed by atoms with Crippen LogP contribution >= 0.6 is 11.3 Å².